The third-order valence-electron chi connectivity index (χ3n) is 4.70. The number of likely N-dealkylation sites (N-methyl/N-ethyl adjacent to an activating group) is 1. The highest BCUT2D eigenvalue weighted by atomic mass is 32.2. The van der Waals surface area contributed by atoms with Crippen molar-refractivity contribution in [3.05, 3.63) is 35.9 Å². The van der Waals surface area contributed by atoms with Gasteiger partial charge in [-0.3, -0.25) is 14.5 Å². The Bertz CT molecular complexity index is 834. The number of imide groups is 1. The molecule has 0 atom stereocenters. The minimum Gasteiger partial charge on any atom is -0.338 e. The Hall–Kier alpha value is -2.46. The molecular formula is C17H22N4O5S. The number of hydrogen-bond acceptors (Lipinski definition) is 5. The normalized spacial score (nSPS) is 19.1. The van der Waals surface area contributed by atoms with Crippen LogP contribution in [0.2, 0.25) is 0 Å². The second kappa shape index (κ2) is 7.65. The molecule has 0 aliphatic carbocycles. The minimum absolute atomic E-state index is 0.0301. The second-order valence-electron chi connectivity index (χ2n) is 6.64. The van der Waals surface area contributed by atoms with Crippen molar-refractivity contribution >= 4 is 27.9 Å². The molecule has 0 radical (unpaired) electrons. The Balaban J connectivity index is 1.54. The van der Waals surface area contributed by atoms with Crippen molar-refractivity contribution in [1.82, 2.24) is 19.0 Å². The first-order valence-corrected chi connectivity index (χ1v) is 10.2. The van der Waals surface area contributed by atoms with E-state index in [4.69, 9.17) is 0 Å². The molecule has 9 nitrogen and oxygen atoms in total. The van der Waals surface area contributed by atoms with Crippen LogP contribution < -0.4 is 0 Å². The SMILES string of the molecule is CN1CC(=O)N(CC(=O)N2CCN(S(=O)(=O)Cc3ccccc3)CC2)C1=O. The second-order valence-corrected chi connectivity index (χ2v) is 8.61. The van der Waals surface area contributed by atoms with Crippen LogP contribution in [-0.2, 0) is 25.4 Å². The molecule has 0 saturated carbocycles. The van der Waals surface area contributed by atoms with Gasteiger partial charge >= 0.3 is 6.03 Å². The molecule has 2 aliphatic heterocycles. The van der Waals surface area contributed by atoms with Crippen molar-refractivity contribution in [3.63, 3.8) is 0 Å². The van der Waals surface area contributed by atoms with Gasteiger partial charge in [0.15, 0.2) is 0 Å². The quantitative estimate of drug-likeness (QED) is 0.631. The van der Waals surface area contributed by atoms with Gasteiger partial charge in [0.05, 0.1) is 5.75 Å². The van der Waals surface area contributed by atoms with Crippen LogP contribution in [0.4, 0.5) is 4.79 Å². The number of hydrogen-bond donors (Lipinski definition) is 0. The molecule has 0 spiro atoms. The van der Waals surface area contributed by atoms with Crippen LogP contribution in [-0.4, -0.2) is 91.6 Å². The molecule has 2 aliphatic rings. The number of rotatable bonds is 5. The van der Waals surface area contributed by atoms with E-state index in [2.05, 4.69) is 0 Å². The third-order valence-corrected chi connectivity index (χ3v) is 6.55. The Morgan fingerprint density at radius 1 is 1.04 bits per heavy atom. The van der Waals surface area contributed by atoms with Gasteiger partial charge in [-0.2, -0.15) is 4.31 Å². The number of carbonyl (C=O) groups excluding carboxylic acids is 3. The van der Waals surface area contributed by atoms with E-state index in [0.29, 0.717) is 5.56 Å². The van der Waals surface area contributed by atoms with E-state index in [1.165, 1.54) is 21.2 Å². The summed E-state index contributed by atoms with van der Waals surface area (Å²) < 4.78 is 26.5. The number of urea groups is 1. The van der Waals surface area contributed by atoms with Gasteiger partial charge in [-0.05, 0) is 5.56 Å². The number of nitrogens with zero attached hydrogens (tertiary/aromatic N) is 4. The van der Waals surface area contributed by atoms with Crippen LogP contribution in [0.25, 0.3) is 0 Å². The lowest BCUT2D eigenvalue weighted by Crippen LogP contribution is -2.53. The molecule has 0 bridgehead atoms. The van der Waals surface area contributed by atoms with Crippen LogP contribution in [0.1, 0.15) is 5.56 Å². The van der Waals surface area contributed by atoms with E-state index in [9.17, 15) is 22.8 Å². The summed E-state index contributed by atoms with van der Waals surface area (Å²) in [4.78, 5) is 39.7. The average molecular weight is 394 g/mol. The number of carbonyl (C=O) groups is 3. The highest BCUT2D eigenvalue weighted by Crippen LogP contribution is 2.15. The molecular weight excluding hydrogens is 372 g/mol. The molecule has 27 heavy (non-hydrogen) atoms. The first-order valence-electron chi connectivity index (χ1n) is 8.63. The van der Waals surface area contributed by atoms with Gasteiger partial charge in [0.25, 0.3) is 5.91 Å². The Morgan fingerprint density at radius 2 is 1.67 bits per heavy atom. The van der Waals surface area contributed by atoms with Gasteiger partial charge in [-0.15, -0.1) is 0 Å². The highest BCUT2D eigenvalue weighted by molar-refractivity contribution is 7.88. The van der Waals surface area contributed by atoms with Gasteiger partial charge in [-0.1, -0.05) is 30.3 Å². The van der Waals surface area contributed by atoms with E-state index in [0.717, 1.165) is 4.90 Å². The van der Waals surface area contributed by atoms with Gasteiger partial charge in [0.1, 0.15) is 13.1 Å². The van der Waals surface area contributed by atoms with Gasteiger partial charge in [-0.25, -0.2) is 13.2 Å². The van der Waals surface area contributed by atoms with E-state index < -0.39 is 22.0 Å². The zero-order valence-corrected chi connectivity index (χ0v) is 15.9. The minimum atomic E-state index is -3.46. The molecule has 2 heterocycles. The third kappa shape index (κ3) is 4.28. The lowest BCUT2D eigenvalue weighted by Gasteiger charge is -2.34. The van der Waals surface area contributed by atoms with E-state index in [1.54, 1.807) is 24.3 Å². The fraction of sp³-hybridized carbons (Fsp3) is 0.471. The first kappa shape index (κ1) is 19.3. The molecule has 2 saturated heterocycles. The smallest absolute Gasteiger partial charge is 0.327 e. The van der Waals surface area contributed by atoms with Gasteiger partial charge in [0.2, 0.25) is 15.9 Å². The topological polar surface area (TPSA) is 98.3 Å². The van der Waals surface area contributed by atoms with Crippen molar-refractivity contribution in [2.24, 2.45) is 0 Å². The molecule has 0 unspecified atom stereocenters. The maximum Gasteiger partial charge on any atom is 0.327 e. The summed E-state index contributed by atoms with van der Waals surface area (Å²) >= 11 is 0. The summed E-state index contributed by atoms with van der Waals surface area (Å²) in [6, 6.07) is 8.45. The molecule has 0 aromatic heterocycles. The van der Waals surface area contributed by atoms with E-state index in [-0.39, 0.29) is 50.9 Å². The molecule has 2 fully saturated rings. The van der Waals surface area contributed by atoms with E-state index in [1.807, 2.05) is 6.07 Å². The lowest BCUT2D eigenvalue weighted by molar-refractivity contribution is -0.137. The fourth-order valence-corrected chi connectivity index (χ4v) is 4.67. The molecule has 3 rings (SSSR count). The lowest BCUT2D eigenvalue weighted by atomic mass is 10.2. The standard InChI is InChI=1S/C17H22N4O5S/c1-18-11-16(23)21(17(18)24)12-15(22)19-7-9-20(10-8-19)27(25,26)13-14-5-3-2-4-6-14/h2-6H,7-13H2,1H3. The molecule has 1 aromatic carbocycles. The summed E-state index contributed by atoms with van der Waals surface area (Å²) in [6.45, 7) is 0.527. The van der Waals surface area contributed by atoms with Crippen molar-refractivity contribution in [3.8, 4) is 0 Å². The van der Waals surface area contributed by atoms with Crippen molar-refractivity contribution in [1.29, 1.82) is 0 Å². The number of sulfonamides is 1. The van der Waals surface area contributed by atoms with Gasteiger partial charge < -0.3 is 9.80 Å². The molecule has 0 N–H and O–H groups in total. The van der Waals surface area contributed by atoms with Crippen LogP contribution in [0.3, 0.4) is 0 Å². The molecule has 1 aromatic rings. The Labute approximate surface area is 158 Å². The van der Waals surface area contributed by atoms with Crippen LogP contribution in [0, 0.1) is 0 Å². The van der Waals surface area contributed by atoms with Crippen LogP contribution in [0.5, 0.6) is 0 Å². The average Bonchev–Trinajstić information content (AvgIpc) is 2.88. The van der Waals surface area contributed by atoms with Crippen LogP contribution in [0.15, 0.2) is 30.3 Å². The summed E-state index contributed by atoms with van der Waals surface area (Å²) in [7, 11) is -1.96. The maximum atomic E-state index is 12.6. The highest BCUT2D eigenvalue weighted by Gasteiger charge is 2.36. The summed E-state index contributed by atoms with van der Waals surface area (Å²) in [5.74, 6) is -0.836. The van der Waals surface area contributed by atoms with Crippen LogP contribution >= 0.6 is 0 Å². The molecule has 146 valence electrons. The predicted octanol–water partition coefficient (Wildman–Crippen LogP) is -0.445. The largest absolute Gasteiger partial charge is 0.338 e. The first-order chi connectivity index (χ1) is 12.8. The molecule has 4 amide bonds. The summed E-state index contributed by atoms with van der Waals surface area (Å²) in [6.07, 6.45) is 0. The molecule has 10 heteroatoms. The van der Waals surface area contributed by atoms with Crippen molar-refractivity contribution < 1.29 is 22.8 Å². The monoisotopic (exact) mass is 394 g/mol. The number of amides is 4. The van der Waals surface area contributed by atoms with E-state index >= 15 is 0 Å². The van der Waals surface area contributed by atoms with Crippen molar-refractivity contribution in [2.45, 2.75) is 5.75 Å². The Kier molecular flexibility index (Phi) is 5.47. The zero-order chi connectivity index (χ0) is 19.6. The maximum absolute atomic E-state index is 12.6. The van der Waals surface area contributed by atoms with Gasteiger partial charge in [0, 0.05) is 33.2 Å². The van der Waals surface area contributed by atoms with Crippen molar-refractivity contribution in [2.75, 3.05) is 46.3 Å². The summed E-state index contributed by atoms with van der Waals surface area (Å²) in [5.41, 5.74) is 0.714. The predicted molar refractivity (Wildman–Crippen MR) is 97.0 cm³/mol. The summed E-state index contributed by atoms with van der Waals surface area (Å²) in [5, 5.41) is 0. The fourth-order valence-electron chi connectivity index (χ4n) is 3.15. The number of piperazine rings is 1. The number of benzene rings is 1. The zero-order valence-electron chi connectivity index (χ0n) is 15.1. The Morgan fingerprint density at radius 3 is 2.22 bits per heavy atom.